The summed E-state index contributed by atoms with van der Waals surface area (Å²) in [7, 11) is -4.23. The molecule has 0 unspecified atom stereocenters. The third-order valence-electron chi connectivity index (χ3n) is 1.31. The standard InChI is InChI=1S/C6H8N2O3S.Li.H/c7-4-1-2-6(5(8)3-4)12(9,10)11;;/h1-3H,7-8H2,(H,9,10,11);;/q;+1;-1. The van der Waals surface area contributed by atoms with Gasteiger partial charge in [-0.3, -0.25) is 4.55 Å². The molecule has 7 heteroatoms. The third-order valence-corrected chi connectivity index (χ3v) is 2.24. The van der Waals surface area contributed by atoms with Crippen LogP contribution in [0.25, 0.3) is 0 Å². The van der Waals surface area contributed by atoms with Crippen molar-refractivity contribution in [1.82, 2.24) is 0 Å². The van der Waals surface area contributed by atoms with Gasteiger partial charge in [-0.25, -0.2) is 0 Å². The molecule has 0 saturated heterocycles. The second-order valence-corrected chi connectivity index (χ2v) is 3.66. The van der Waals surface area contributed by atoms with Gasteiger partial charge < -0.3 is 12.9 Å². The van der Waals surface area contributed by atoms with E-state index in [2.05, 4.69) is 0 Å². The average molecular weight is 196 g/mol. The van der Waals surface area contributed by atoms with Crippen LogP contribution in [-0.4, -0.2) is 13.0 Å². The van der Waals surface area contributed by atoms with Crippen molar-refractivity contribution >= 4 is 21.5 Å². The van der Waals surface area contributed by atoms with Crippen LogP contribution in [0.1, 0.15) is 1.43 Å². The molecule has 1 aromatic rings. The first-order valence-electron chi connectivity index (χ1n) is 3.04. The molecule has 0 radical (unpaired) electrons. The van der Waals surface area contributed by atoms with Gasteiger partial charge in [-0.1, -0.05) is 0 Å². The molecule has 0 aliphatic carbocycles. The Morgan fingerprint density at radius 3 is 2.23 bits per heavy atom. The first kappa shape index (κ1) is 12.3. The van der Waals surface area contributed by atoms with E-state index in [1.807, 2.05) is 0 Å². The van der Waals surface area contributed by atoms with Crippen molar-refractivity contribution < 1.29 is 33.3 Å². The van der Waals surface area contributed by atoms with E-state index in [0.29, 0.717) is 5.69 Å². The van der Waals surface area contributed by atoms with Crippen molar-refractivity contribution in [1.29, 1.82) is 0 Å². The predicted octanol–water partition coefficient (Wildman–Crippen LogP) is -2.79. The van der Waals surface area contributed by atoms with Crippen LogP contribution in [0.2, 0.25) is 0 Å². The largest absolute Gasteiger partial charge is 1.00 e. The zero-order valence-electron chi connectivity index (χ0n) is 8.06. The Morgan fingerprint density at radius 2 is 1.85 bits per heavy atom. The molecular weight excluding hydrogens is 187 g/mol. The molecule has 0 amide bonds. The summed E-state index contributed by atoms with van der Waals surface area (Å²) in [6.07, 6.45) is 0. The van der Waals surface area contributed by atoms with Crippen molar-refractivity contribution in [3.8, 4) is 0 Å². The molecule has 0 atom stereocenters. The molecule has 0 aliphatic heterocycles. The number of anilines is 2. The first-order valence-corrected chi connectivity index (χ1v) is 4.48. The van der Waals surface area contributed by atoms with E-state index >= 15 is 0 Å². The third kappa shape index (κ3) is 2.93. The van der Waals surface area contributed by atoms with Gasteiger partial charge in [-0.05, 0) is 18.2 Å². The van der Waals surface area contributed by atoms with Gasteiger partial charge in [0.2, 0.25) is 0 Å². The van der Waals surface area contributed by atoms with Gasteiger partial charge in [-0.15, -0.1) is 0 Å². The van der Waals surface area contributed by atoms with Crippen LogP contribution in [0, 0.1) is 0 Å². The molecule has 5 N–H and O–H groups in total. The molecule has 1 aromatic carbocycles. The number of nitrogens with two attached hydrogens (primary N) is 2. The van der Waals surface area contributed by atoms with Gasteiger partial charge in [0.15, 0.2) is 0 Å². The summed E-state index contributed by atoms with van der Waals surface area (Å²) in [5.74, 6) is 0. The molecule has 0 aromatic heterocycles. The van der Waals surface area contributed by atoms with Crippen molar-refractivity contribution in [2.75, 3.05) is 11.5 Å². The monoisotopic (exact) mass is 196 g/mol. The Morgan fingerprint density at radius 1 is 1.31 bits per heavy atom. The molecule has 0 bridgehead atoms. The molecule has 0 spiro atoms. The van der Waals surface area contributed by atoms with E-state index in [1.165, 1.54) is 12.1 Å². The van der Waals surface area contributed by atoms with Crippen LogP contribution in [0.15, 0.2) is 23.1 Å². The molecular formula is C6H9LiN2O3S. The Kier molecular flexibility index (Phi) is 3.82. The van der Waals surface area contributed by atoms with Gasteiger partial charge >= 0.3 is 18.9 Å². The Labute approximate surface area is 89.5 Å². The Balaban J connectivity index is 0. The van der Waals surface area contributed by atoms with Gasteiger partial charge in [0.25, 0.3) is 10.1 Å². The molecule has 1 rings (SSSR count). The molecule has 68 valence electrons. The van der Waals surface area contributed by atoms with Gasteiger partial charge in [-0.2, -0.15) is 8.42 Å². The maximum Gasteiger partial charge on any atom is 1.00 e. The zero-order valence-corrected chi connectivity index (χ0v) is 7.88. The van der Waals surface area contributed by atoms with Crippen LogP contribution in [-0.2, 0) is 10.1 Å². The normalized spacial score (nSPS) is 10.5. The van der Waals surface area contributed by atoms with Crippen molar-refractivity contribution in [3.05, 3.63) is 18.2 Å². The minimum Gasteiger partial charge on any atom is -1.00 e. The summed E-state index contributed by atoms with van der Waals surface area (Å²) in [5, 5.41) is 0. The minimum atomic E-state index is -4.23. The van der Waals surface area contributed by atoms with Crippen molar-refractivity contribution in [3.63, 3.8) is 0 Å². The van der Waals surface area contributed by atoms with Crippen molar-refractivity contribution in [2.24, 2.45) is 0 Å². The van der Waals surface area contributed by atoms with E-state index in [4.69, 9.17) is 16.0 Å². The number of hydrogen-bond donors (Lipinski definition) is 3. The number of hydrogen-bond acceptors (Lipinski definition) is 4. The Hall–Kier alpha value is -0.673. The summed E-state index contributed by atoms with van der Waals surface area (Å²) in [5.41, 5.74) is 10.9. The molecule has 13 heavy (non-hydrogen) atoms. The zero-order chi connectivity index (χ0) is 9.35. The molecule has 5 nitrogen and oxygen atoms in total. The van der Waals surface area contributed by atoms with Crippen LogP contribution in [0.5, 0.6) is 0 Å². The van der Waals surface area contributed by atoms with E-state index in [-0.39, 0.29) is 30.9 Å². The SMILES string of the molecule is Nc1ccc(S(=O)(=O)O)c(N)c1.[H-].[Li+]. The fourth-order valence-corrected chi connectivity index (χ4v) is 1.40. The second kappa shape index (κ2) is 4.02. The summed E-state index contributed by atoms with van der Waals surface area (Å²) in [4.78, 5) is -0.322. The predicted molar refractivity (Wildman–Crippen MR) is 46.2 cm³/mol. The van der Waals surface area contributed by atoms with Crippen LogP contribution < -0.4 is 30.3 Å². The van der Waals surface area contributed by atoms with E-state index in [1.54, 1.807) is 0 Å². The fraction of sp³-hybridized carbons (Fsp3) is 0. The van der Waals surface area contributed by atoms with Crippen LogP contribution in [0.4, 0.5) is 11.4 Å². The van der Waals surface area contributed by atoms with Crippen LogP contribution >= 0.6 is 0 Å². The van der Waals surface area contributed by atoms with Gasteiger partial charge in [0.1, 0.15) is 4.90 Å². The van der Waals surface area contributed by atoms with Crippen LogP contribution in [0.3, 0.4) is 0 Å². The molecule has 0 saturated carbocycles. The maximum atomic E-state index is 10.6. The average Bonchev–Trinajstić information content (AvgIpc) is 1.83. The maximum absolute atomic E-state index is 10.6. The summed E-state index contributed by atoms with van der Waals surface area (Å²) in [6, 6.07) is 3.77. The Bertz CT molecular complexity index is 410. The molecule has 0 heterocycles. The van der Waals surface area contributed by atoms with E-state index < -0.39 is 10.1 Å². The number of nitrogen functional groups attached to an aromatic ring is 2. The molecule has 0 fully saturated rings. The summed E-state index contributed by atoms with van der Waals surface area (Å²) in [6.45, 7) is 0. The number of rotatable bonds is 1. The fourth-order valence-electron chi connectivity index (χ4n) is 0.802. The first-order chi connectivity index (χ1) is 5.41. The summed E-state index contributed by atoms with van der Waals surface area (Å²) < 4.78 is 29.8. The molecule has 0 aliphatic rings. The second-order valence-electron chi connectivity index (χ2n) is 2.27. The van der Waals surface area contributed by atoms with Crippen molar-refractivity contribution in [2.45, 2.75) is 4.90 Å². The quantitative estimate of drug-likeness (QED) is 0.256. The minimum absolute atomic E-state index is 0. The smallest absolute Gasteiger partial charge is 1.00 e. The van der Waals surface area contributed by atoms with E-state index in [9.17, 15) is 8.42 Å². The topological polar surface area (TPSA) is 106 Å². The number of benzene rings is 1. The van der Waals surface area contributed by atoms with Gasteiger partial charge in [0.05, 0.1) is 5.69 Å². The van der Waals surface area contributed by atoms with E-state index in [0.717, 1.165) is 6.07 Å². The van der Waals surface area contributed by atoms with Gasteiger partial charge in [0, 0.05) is 5.69 Å². The summed E-state index contributed by atoms with van der Waals surface area (Å²) >= 11 is 0.